The highest BCUT2D eigenvalue weighted by atomic mass is 16.4. The lowest BCUT2D eigenvalue weighted by Crippen LogP contribution is -2.47. The first-order valence-electron chi connectivity index (χ1n) is 7.59. The summed E-state index contributed by atoms with van der Waals surface area (Å²) in [7, 11) is 0. The summed E-state index contributed by atoms with van der Waals surface area (Å²) in [5, 5.41) is 12.4. The standard InChI is InChI=1S/C17H21NO3/c1-9-4-3-5-13(10(9)2)16(19)18-15-12-7-6-11(8-12)14(15)17(20)21/h3-5,11-12,14-15H,6-8H2,1-2H3,(H,18,19)(H,20,21). The van der Waals surface area contributed by atoms with E-state index in [1.54, 1.807) is 6.07 Å². The number of nitrogens with one attached hydrogen (secondary N) is 1. The second kappa shape index (κ2) is 5.17. The Balaban J connectivity index is 1.81. The number of hydrogen-bond donors (Lipinski definition) is 2. The van der Waals surface area contributed by atoms with Gasteiger partial charge in [-0.05, 0) is 62.1 Å². The summed E-state index contributed by atoms with van der Waals surface area (Å²) < 4.78 is 0. The van der Waals surface area contributed by atoms with E-state index in [0.717, 1.165) is 30.4 Å². The molecule has 4 nitrogen and oxygen atoms in total. The van der Waals surface area contributed by atoms with Gasteiger partial charge in [0.2, 0.25) is 0 Å². The van der Waals surface area contributed by atoms with Crippen molar-refractivity contribution >= 4 is 11.9 Å². The molecule has 0 spiro atoms. The van der Waals surface area contributed by atoms with Gasteiger partial charge in [-0.2, -0.15) is 0 Å². The summed E-state index contributed by atoms with van der Waals surface area (Å²) in [5.41, 5.74) is 2.69. The number of aliphatic carboxylic acids is 1. The average molecular weight is 287 g/mol. The van der Waals surface area contributed by atoms with Crippen LogP contribution in [0.15, 0.2) is 18.2 Å². The molecule has 0 aliphatic heterocycles. The van der Waals surface area contributed by atoms with Gasteiger partial charge >= 0.3 is 5.97 Å². The average Bonchev–Trinajstić information content (AvgIpc) is 3.02. The molecule has 0 saturated heterocycles. The molecule has 2 aliphatic carbocycles. The fourth-order valence-electron chi connectivity index (χ4n) is 4.08. The van der Waals surface area contributed by atoms with Crippen LogP contribution in [-0.2, 0) is 4.79 Å². The van der Waals surface area contributed by atoms with Crippen molar-refractivity contribution in [3.05, 3.63) is 34.9 Å². The second-order valence-corrected chi connectivity index (χ2v) is 6.44. The second-order valence-electron chi connectivity index (χ2n) is 6.44. The molecule has 2 saturated carbocycles. The van der Waals surface area contributed by atoms with Crippen molar-refractivity contribution in [2.75, 3.05) is 0 Å². The fraction of sp³-hybridized carbons (Fsp3) is 0.529. The summed E-state index contributed by atoms with van der Waals surface area (Å²) >= 11 is 0. The molecular formula is C17H21NO3. The van der Waals surface area contributed by atoms with E-state index in [9.17, 15) is 14.7 Å². The van der Waals surface area contributed by atoms with Crippen molar-refractivity contribution in [2.45, 2.75) is 39.2 Å². The molecule has 0 heterocycles. The van der Waals surface area contributed by atoms with Gasteiger partial charge in [0.15, 0.2) is 0 Å². The lowest BCUT2D eigenvalue weighted by Gasteiger charge is -2.29. The SMILES string of the molecule is Cc1cccc(C(=O)NC2C3CCC(C3)C2C(=O)O)c1C. The highest BCUT2D eigenvalue weighted by Gasteiger charge is 2.51. The number of carboxylic acid groups (broad SMARTS) is 1. The first-order valence-corrected chi connectivity index (χ1v) is 7.59. The normalized spacial score (nSPS) is 30.4. The Bertz CT molecular complexity index is 596. The molecule has 2 N–H and O–H groups in total. The van der Waals surface area contributed by atoms with E-state index in [2.05, 4.69) is 5.32 Å². The van der Waals surface area contributed by atoms with Crippen molar-refractivity contribution in [1.82, 2.24) is 5.32 Å². The van der Waals surface area contributed by atoms with Crippen LogP contribution in [0.5, 0.6) is 0 Å². The molecule has 4 heteroatoms. The predicted octanol–water partition coefficient (Wildman–Crippen LogP) is 2.53. The molecule has 1 amide bonds. The summed E-state index contributed by atoms with van der Waals surface area (Å²) in [4.78, 5) is 24.0. The van der Waals surface area contributed by atoms with E-state index in [-0.39, 0.29) is 17.9 Å². The maximum Gasteiger partial charge on any atom is 0.308 e. The van der Waals surface area contributed by atoms with Gasteiger partial charge in [0.05, 0.1) is 5.92 Å². The molecule has 0 aromatic heterocycles. The number of hydrogen-bond acceptors (Lipinski definition) is 2. The number of fused-ring (bicyclic) bond motifs is 2. The third-order valence-corrected chi connectivity index (χ3v) is 5.35. The van der Waals surface area contributed by atoms with Crippen LogP contribution in [0.2, 0.25) is 0 Å². The summed E-state index contributed by atoms with van der Waals surface area (Å²) in [5.74, 6) is -0.771. The van der Waals surface area contributed by atoms with E-state index in [1.807, 2.05) is 26.0 Å². The zero-order valence-electron chi connectivity index (χ0n) is 12.4. The van der Waals surface area contributed by atoms with Crippen LogP contribution in [0.1, 0.15) is 40.7 Å². The quantitative estimate of drug-likeness (QED) is 0.897. The van der Waals surface area contributed by atoms with E-state index in [0.29, 0.717) is 11.5 Å². The predicted molar refractivity (Wildman–Crippen MR) is 79.1 cm³/mol. The number of aryl methyl sites for hydroxylation is 1. The lowest BCUT2D eigenvalue weighted by molar-refractivity contribution is -0.144. The van der Waals surface area contributed by atoms with E-state index in [1.165, 1.54) is 0 Å². The largest absolute Gasteiger partial charge is 0.481 e. The van der Waals surface area contributed by atoms with E-state index >= 15 is 0 Å². The molecule has 112 valence electrons. The number of benzene rings is 1. The number of carbonyl (C=O) groups is 2. The van der Waals surface area contributed by atoms with Crippen molar-refractivity contribution < 1.29 is 14.7 Å². The highest BCUT2D eigenvalue weighted by Crippen LogP contribution is 2.48. The molecule has 0 radical (unpaired) electrons. The third kappa shape index (κ3) is 2.33. The topological polar surface area (TPSA) is 66.4 Å². The fourth-order valence-corrected chi connectivity index (χ4v) is 4.08. The van der Waals surface area contributed by atoms with Gasteiger partial charge in [0.25, 0.3) is 5.91 Å². The van der Waals surface area contributed by atoms with E-state index < -0.39 is 11.9 Å². The van der Waals surface area contributed by atoms with Crippen molar-refractivity contribution in [1.29, 1.82) is 0 Å². The minimum Gasteiger partial charge on any atom is -0.481 e. The Morgan fingerprint density at radius 1 is 1.19 bits per heavy atom. The minimum absolute atomic E-state index is 0.139. The molecule has 21 heavy (non-hydrogen) atoms. The molecule has 1 aromatic carbocycles. The Hall–Kier alpha value is -1.84. The zero-order chi connectivity index (χ0) is 15.1. The first-order chi connectivity index (χ1) is 9.99. The number of carboxylic acids is 1. The minimum atomic E-state index is -0.770. The van der Waals surface area contributed by atoms with Gasteiger partial charge < -0.3 is 10.4 Å². The van der Waals surface area contributed by atoms with Crippen LogP contribution in [0, 0.1) is 31.6 Å². The molecule has 2 fully saturated rings. The number of amides is 1. The number of carbonyl (C=O) groups excluding carboxylic acids is 1. The Morgan fingerprint density at radius 3 is 2.62 bits per heavy atom. The van der Waals surface area contributed by atoms with E-state index in [4.69, 9.17) is 0 Å². The monoisotopic (exact) mass is 287 g/mol. The highest BCUT2D eigenvalue weighted by molar-refractivity contribution is 5.96. The van der Waals surface area contributed by atoms with Crippen LogP contribution in [-0.4, -0.2) is 23.0 Å². The Labute approximate surface area is 124 Å². The maximum absolute atomic E-state index is 12.5. The van der Waals surface area contributed by atoms with Crippen LogP contribution in [0.3, 0.4) is 0 Å². The molecule has 4 atom stereocenters. The molecular weight excluding hydrogens is 266 g/mol. The molecule has 2 aliphatic rings. The third-order valence-electron chi connectivity index (χ3n) is 5.35. The smallest absolute Gasteiger partial charge is 0.308 e. The van der Waals surface area contributed by atoms with Crippen LogP contribution < -0.4 is 5.32 Å². The van der Waals surface area contributed by atoms with Crippen molar-refractivity contribution in [2.24, 2.45) is 17.8 Å². The maximum atomic E-state index is 12.5. The van der Waals surface area contributed by atoms with Gasteiger partial charge in [0, 0.05) is 11.6 Å². The molecule has 2 bridgehead atoms. The molecule has 4 unspecified atom stereocenters. The molecule has 1 aromatic rings. The van der Waals surface area contributed by atoms with Crippen molar-refractivity contribution in [3.63, 3.8) is 0 Å². The van der Waals surface area contributed by atoms with Crippen molar-refractivity contribution in [3.8, 4) is 0 Å². The van der Waals surface area contributed by atoms with Gasteiger partial charge in [-0.15, -0.1) is 0 Å². The van der Waals surface area contributed by atoms with Gasteiger partial charge in [0.1, 0.15) is 0 Å². The summed E-state index contributed by atoms with van der Waals surface area (Å²) in [6.07, 6.45) is 2.96. The molecule has 3 rings (SSSR count). The number of rotatable bonds is 3. The first kappa shape index (κ1) is 14.1. The van der Waals surface area contributed by atoms with Crippen LogP contribution in [0.25, 0.3) is 0 Å². The van der Waals surface area contributed by atoms with Gasteiger partial charge in [-0.1, -0.05) is 12.1 Å². The van der Waals surface area contributed by atoms with Gasteiger partial charge in [-0.25, -0.2) is 0 Å². The lowest BCUT2D eigenvalue weighted by atomic mass is 9.84. The van der Waals surface area contributed by atoms with Crippen LogP contribution in [0.4, 0.5) is 0 Å². The zero-order valence-corrected chi connectivity index (χ0v) is 12.4. The van der Waals surface area contributed by atoms with Crippen LogP contribution >= 0.6 is 0 Å². The van der Waals surface area contributed by atoms with Gasteiger partial charge in [-0.3, -0.25) is 9.59 Å². The summed E-state index contributed by atoms with van der Waals surface area (Å²) in [6.45, 7) is 3.91. The summed E-state index contributed by atoms with van der Waals surface area (Å²) in [6, 6.07) is 5.44. The Morgan fingerprint density at radius 2 is 1.90 bits per heavy atom. The Kier molecular flexibility index (Phi) is 3.47.